The summed E-state index contributed by atoms with van der Waals surface area (Å²) in [5.41, 5.74) is 2.85. The number of carbonyl (C=O) groups is 2. The molecule has 0 aliphatic carbocycles. The Labute approximate surface area is 288 Å². The summed E-state index contributed by atoms with van der Waals surface area (Å²) < 4.78 is 22.6. The Balaban J connectivity index is 1.02. The molecule has 1 aromatic heterocycles. The number of pyridine rings is 1. The molecule has 1 N–H and O–H groups in total. The predicted octanol–water partition coefficient (Wildman–Crippen LogP) is 6.34. The maximum atomic E-state index is 13.3. The number of benzene rings is 3. The Morgan fingerprint density at radius 2 is 1.73 bits per heavy atom. The SMILES string of the molecule is CCN(CC(=O)N1CCN(Cc2ccc3c(c2)OCO3)CC1)c1ccc(Oc2ccc(NC(=O)c3ccc(Cl)c(Cl)c3)cn2)c(OC)c1. The van der Waals surface area contributed by atoms with Crippen LogP contribution in [0, 0.1) is 0 Å². The molecule has 6 rings (SSSR count). The Hall–Kier alpha value is -4.71. The molecular formula is C35H35Cl2N5O6. The number of ether oxygens (including phenoxy) is 4. The Morgan fingerprint density at radius 3 is 2.46 bits per heavy atom. The van der Waals surface area contributed by atoms with Crippen molar-refractivity contribution >= 4 is 46.4 Å². The molecule has 48 heavy (non-hydrogen) atoms. The highest BCUT2D eigenvalue weighted by atomic mass is 35.5. The topological polar surface area (TPSA) is 106 Å². The summed E-state index contributed by atoms with van der Waals surface area (Å²) in [6.45, 7) is 6.89. The van der Waals surface area contributed by atoms with E-state index in [0.29, 0.717) is 58.3 Å². The molecule has 0 unspecified atom stereocenters. The van der Waals surface area contributed by atoms with Crippen LogP contribution in [0.25, 0.3) is 0 Å². The van der Waals surface area contributed by atoms with Crippen LogP contribution in [-0.2, 0) is 11.3 Å². The number of aromatic nitrogens is 1. The minimum absolute atomic E-state index is 0.0782. The van der Waals surface area contributed by atoms with Crippen LogP contribution in [0.3, 0.4) is 0 Å². The van der Waals surface area contributed by atoms with Gasteiger partial charge in [-0.1, -0.05) is 29.3 Å². The largest absolute Gasteiger partial charge is 0.493 e. The van der Waals surface area contributed by atoms with Crippen molar-refractivity contribution in [3.8, 4) is 28.9 Å². The second kappa shape index (κ2) is 15.0. The minimum atomic E-state index is -0.347. The zero-order valence-corrected chi connectivity index (χ0v) is 28.1. The van der Waals surface area contributed by atoms with Crippen molar-refractivity contribution in [2.75, 3.05) is 63.4 Å². The molecule has 1 saturated heterocycles. The van der Waals surface area contributed by atoms with E-state index in [1.54, 1.807) is 37.4 Å². The molecule has 0 spiro atoms. The lowest BCUT2D eigenvalue weighted by molar-refractivity contribution is -0.131. The number of hydrogen-bond donors (Lipinski definition) is 1. The van der Waals surface area contributed by atoms with E-state index in [1.165, 1.54) is 12.3 Å². The van der Waals surface area contributed by atoms with Gasteiger partial charge in [0.25, 0.3) is 5.91 Å². The number of nitrogens with zero attached hydrogens (tertiary/aromatic N) is 4. The fraction of sp³-hybridized carbons (Fsp3) is 0.286. The smallest absolute Gasteiger partial charge is 0.255 e. The number of fused-ring (bicyclic) bond motifs is 1. The van der Waals surface area contributed by atoms with Gasteiger partial charge in [-0.3, -0.25) is 14.5 Å². The lowest BCUT2D eigenvalue weighted by Crippen LogP contribution is -2.51. The number of hydrogen-bond acceptors (Lipinski definition) is 9. The van der Waals surface area contributed by atoms with Gasteiger partial charge in [-0.15, -0.1) is 0 Å². The van der Waals surface area contributed by atoms with Gasteiger partial charge in [0.15, 0.2) is 23.0 Å². The zero-order valence-electron chi connectivity index (χ0n) is 26.6. The molecule has 3 aromatic carbocycles. The van der Waals surface area contributed by atoms with Crippen molar-refractivity contribution < 1.29 is 28.5 Å². The van der Waals surface area contributed by atoms with E-state index in [0.717, 1.165) is 42.4 Å². The molecule has 4 aromatic rings. The van der Waals surface area contributed by atoms with Crippen LogP contribution >= 0.6 is 23.2 Å². The number of methoxy groups -OCH3 is 1. The summed E-state index contributed by atoms with van der Waals surface area (Å²) in [7, 11) is 1.56. The number of piperazine rings is 1. The number of halogens is 2. The molecule has 0 bridgehead atoms. The number of anilines is 2. The third kappa shape index (κ3) is 7.87. The van der Waals surface area contributed by atoms with Gasteiger partial charge in [0.05, 0.1) is 35.6 Å². The molecule has 3 heterocycles. The Bertz CT molecular complexity index is 1780. The van der Waals surface area contributed by atoms with Gasteiger partial charge in [-0.25, -0.2) is 4.98 Å². The molecule has 11 nitrogen and oxygen atoms in total. The normalized spacial score (nSPS) is 14.0. The fourth-order valence-corrected chi connectivity index (χ4v) is 5.81. The first-order valence-electron chi connectivity index (χ1n) is 15.5. The molecule has 0 atom stereocenters. The Morgan fingerprint density at radius 1 is 0.917 bits per heavy atom. The lowest BCUT2D eigenvalue weighted by Gasteiger charge is -2.36. The van der Waals surface area contributed by atoms with Crippen molar-refractivity contribution in [2.24, 2.45) is 0 Å². The first-order chi connectivity index (χ1) is 23.3. The number of amides is 2. The molecule has 0 radical (unpaired) electrons. The quantitative estimate of drug-likeness (QED) is 0.193. The molecule has 250 valence electrons. The monoisotopic (exact) mass is 691 g/mol. The summed E-state index contributed by atoms with van der Waals surface area (Å²) in [5.74, 6) is 2.57. The average molecular weight is 693 g/mol. The maximum Gasteiger partial charge on any atom is 0.255 e. The van der Waals surface area contributed by atoms with Gasteiger partial charge in [-0.2, -0.15) is 0 Å². The van der Waals surface area contributed by atoms with Crippen molar-refractivity contribution in [3.05, 3.63) is 94.1 Å². The summed E-state index contributed by atoms with van der Waals surface area (Å²) in [6, 6.07) is 19.5. The van der Waals surface area contributed by atoms with E-state index in [9.17, 15) is 9.59 Å². The van der Waals surface area contributed by atoms with Crippen LogP contribution in [-0.4, -0.2) is 79.8 Å². The molecule has 13 heteroatoms. The number of likely N-dealkylation sites (N-methyl/N-ethyl adjacent to an activating group) is 1. The molecular weight excluding hydrogens is 657 g/mol. The fourth-order valence-electron chi connectivity index (χ4n) is 5.51. The van der Waals surface area contributed by atoms with E-state index in [-0.39, 0.29) is 25.2 Å². The van der Waals surface area contributed by atoms with Crippen LogP contribution in [0.15, 0.2) is 72.9 Å². The van der Waals surface area contributed by atoms with Crippen molar-refractivity contribution in [2.45, 2.75) is 13.5 Å². The second-order valence-electron chi connectivity index (χ2n) is 11.3. The van der Waals surface area contributed by atoms with Gasteiger partial charge < -0.3 is 34.1 Å². The van der Waals surface area contributed by atoms with Gasteiger partial charge in [-0.05, 0) is 61.0 Å². The first-order valence-corrected chi connectivity index (χ1v) is 16.3. The standard InChI is InChI=1S/C35H35Cl2N5O6/c1-3-41(21-34(43)42-14-12-40(13-15-42)20-23-4-9-29-32(16-23)47-22-46-29)26-7-10-30(31(18-26)45-2)48-33-11-6-25(19-38-33)39-35(44)24-5-8-27(36)28(37)17-24/h4-11,16-19H,3,12-15,20-22H2,1-2H3,(H,39,44). The highest BCUT2D eigenvalue weighted by molar-refractivity contribution is 6.42. The maximum absolute atomic E-state index is 13.3. The summed E-state index contributed by atoms with van der Waals surface area (Å²) in [6.07, 6.45) is 1.49. The summed E-state index contributed by atoms with van der Waals surface area (Å²) >= 11 is 12.0. The number of nitrogens with one attached hydrogen (secondary N) is 1. The molecule has 2 aliphatic heterocycles. The van der Waals surface area contributed by atoms with E-state index in [2.05, 4.69) is 21.3 Å². The van der Waals surface area contributed by atoms with Gasteiger partial charge in [0.2, 0.25) is 18.6 Å². The van der Waals surface area contributed by atoms with Gasteiger partial charge in [0, 0.05) is 62.7 Å². The lowest BCUT2D eigenvalue weighted by atomic mass is 10.1. The van der Waals surface area contributed by atoms with Crippen LogP contribution < -0.4 is 29.2 Å². The van der Waals surface area contributed by atoms with E-state index >= 15 is 0 Å². The predicted molar refractivity (Wildman–Crippen MR) is 184 cm³/mol. The van der Waals surface area contributed by atoms with Gasteiger partial charge in [0.1, 0.15) is 0 Å². The van der Waals surface area contributed by atoms with Crippen LogP contribution in [0.4, 0.5) is 11.4 Å². The average Bonchev–Trinajstić information content (AvgIpc) is 3.58. The number of carbonyl (C=O) groups excluding carboxylic acids is 2. The van der Waals surface area contributed by atoms with Crippen LogP contribution in [0.1, 0.15) is 22.8 Å². The van der Waals surface area contributed by atoms with E-state index in [1.807, 2.05) is 41.0 Å². The first kappa shape index (κ1) is 33.2. The van der Waals surface area contributed by atoms with Crippen molar-refractivity contribution in [1.82, 2.24) is 14.8 Å². The summed E-state index contributed by atoms with van der Waals surface area (Å²) in [5, 5.41) is 3.44. The van der Waals surface area contributed by atoms with Crippen molar-refractivity contribution in [1.29, 1.82) is 0 Å². The molecule has 2 amide bonds. The Kier molecular flexibility index (Phi) is 10.4. The van der Waals surface area contributed by atoms with E-state index in [4.69, 9.17) is 42.1 Å². The van der Waals surface area contributed by atoms with Crippen LogP contribution in [0.2, 0.25) is 10.0 Å². The molecule has 1 fully saturated rings. The highest BCUT2D eigenvalue weighted by Crippen LogP contribution is 2.35. The zero-order chi connectivity index (χ0) is 33.6. The van der Waals surface area contributed by atoms with E-state index < -0.39 is 0 Å². The third-order valence-corrected chi connectivity index (χ3v) is 8.92. The molecule has 2 aliphatic rings. The summed E-state index contributed by atoms with van der Waals surface area (Å²) in [4.78, 5) is 36.5. The third-order valence-electron chi connectivity index (χ3n) is 8.18. The number of rotatable bonds is 11. The second-order valence-corrected chi connectivity index (χ2v) is 12.1. The highest BCUT2D eigenvalue weighted by Gasteiger charge is 2.24. The molecule has 0 saturated carbocycles. The minimum Gasteiger partial charge on any atom is -0.493 e. The van der Waals surface area contributed by atoms with Gasteiger partial charge >= 0.3 is 0 Å². The van der Waals surface area contributed by atoms with Crippen molar-refractivity contribution in [3.63, 3.8) is 0 Å². The van der Waals surface area contributed by atoms with Crippen LogP contribution in [0.5, 0.6) is 28.9 Å².